The molecule has 0 radical (unpaired) electrons. The van der Waals surface area contributed by atoms with Crippen LogP contribution in [0.25, 0.3) is 10.2 Å². The van der Waals surface area contributed by atoms with Crippen LogP contribution in [0, 0.1) is 0 Å². The summed E-state index contributed by atoms with van der Waals surface area (Å²) in [5, 5.41) is 9.42. The molecule has 3 rings (SSSR count). The first kappa shape index (κ1) is 15.6. The highest BCUT2D eigenvalue weighted by Crippen LogP contribution is 2.38. The highest BCUT2D eigenvalue weighted by Gasteiger charge is 2.19. The van der Waals surface area contributed by atoms with E-state index in [1.807, 2.05) is 13.0 Å². The van der Waals surface area contributed by atoms with Gasteiger partial charge in [0.15, 0.2) is 4.34 Å². The van der Waals surface area contributed by atoms with E-state index in [9.17, 15) is 5.11 Å². The van der Waals surface area contributed by atoms with Crippen LogP contribution in [0.2, 0.25) is 0 Å². The van der Waals surface area contributed by atoms with Gasteiger partial charge in [0, 0.05) is 32.7 Å². The molecule has 1 fully saturated rings. The molecule has 2 aromatic rings. The van der Waals surface area contributed by atoms with Crippen molar-refractivity contribution >= 4 is 43.3 Å². The van der Waals surface area contributed by atoms with Crippen LogP contribution in [-0.2, 0) is 0 Å². The first-order valence-electron chi connectivity index (χ1n) is 7.06. The lowest BCUT2D eigenvalue weighted by Gasteiger charge is -2.33. The summed E-state index contributed by atoms with van der Waals surface area (Å²) in [6, 6.07) is 8.28. The van der Waals surface area contributed by atoms with Gasteiger partial charge in [-0.15, -0.1) is 11.3 Å². The molecule has 1 aromatic carbocycles. The van der Waals surface area contributed by atoms with Crippen LogP contribution in [0.5, 0.6) is 0 Å². The molecule has 2 heterocycles. The van der Waals surface area contributed by atoms with Crippen LogP contribution in [0.15, 0.2) is 28.6 Å². The Bertz CT molecular complexity index is 549. The molecule has 114 valence electrons. The van der Waals surface area contributed by atoms with Gasteiger partial charge < -0.3 is 5.11 Å². The van der Waals surface area contributed by atoms with E-state index < -0.39 is 0 Å². The van der Waals surface area contributed by atoms with Gasteiger partial charge in [-0.05, 0) is 40.8 Å². The minimum atomic E-state index is -0.235. The van der Waals surface area contributed by atoms with E-state index in [-0.39, 0.29) is 6.10 Å². The van der Waals surface area contributed by atoms with Crippen LogP contribution in [0.3, 0.4) is 0 Å². The Kier molecular flexibility index (Phi) is 5.42. The second kappa shape index (κ2) is 7.30. The van der Waals surface area contributed by atoms with Gasteiger partial charge in [-0.3, -0.25) is 4.90 Å². The summed E-state index contributed by atoms with van der Waals surface area (Å²) < 4.78 is 4.75. The van der Waals surface area contributed by atoms with Crippen molar-refractivity contribution in [1.29, 1.82) is 0 Å². The Morgan fingerprint density at radius 3 is 2.76 bits per heavy atom. The molecule has 1 saturated heterocycles. The van der Waals surface area contributed by atoms with Crippen LogP contribution < -0.4 is 0 Å². The summed E-state index contributed by atoms with van der Waals surface area (Å²) in [5.74, 6) is 0. The number of hydrogen-bond donors (Lipinski definition) is 1. The summed E-state index contributed by atoms with van der Waals surface area (Å²) in [6.45, 7) is 6.76. The van der Waals surface area contributed by atoms with Crippen molar-refractivity contribution in [3.63, 3.8) is 0 Å². The summed E-state index contributed by atoms with van der Waals surface area (Å²) in [4.78, 5) is 6.97. The zero-order chi connectivity index (χ0) is 14.7. The van der Waals surface area contributed by atoms with Crippen molar-refractivity contribution < 1.29 is 5.11 Å². The Labute approximate surface area is 137 Å². The topological polar surface area (TPSA) is 39.6 Å². The molecule has 0 aliphatic carbocycles. The SMILES string of the molecule is CC(O)CN1CCN(SSc2nc3ccccc3s2)CC1. The van der Waals surface area contributed by atoms with E-state index in [4.69, 9.17) is 0 Å². The molecule has 0 bridgehead atoms. The van der Waals surface area contributed by atoms with Crippen molar-refractivity contribution in [2.24, 2.45) is 0 Å². The Morgan fingerprint density at radius 2 is 2.05 bits per heavy atom. The summed E-state index contributed by atoms with van der Waals surface area (Å²) >= 11 is 1.76. The fourth-order valence-electron chi connectivity index (χ4n) is 2.33. The number of nitrogens with zero attached hydrogens (tertiary/aromatic N) is 3. The molecule has 0 spiro atoms. The van der Waals surface area contributed by atoms with Crippen molar-refractivity contribution in [2.45, 2.75) is 17.4 Å². The number of benzene rings is 1. The highest BCUT2D eigenvalue weighted by atomic mass is 33.1. The van der Waals surface area contributed by atoms with Gasteiger partial charge in [0.25, 0.3) is 0 Å². The highest BCUT2D eigenvalue weighted by molar-refractivity contribution is 8.76. The molecule has 0 amide bonds. The lowest BCUT2D eigenvalue weighted by molar-refractivity contribution is 0.105. The van der Waals surface area contributed by atoms with E-state index in [0.29, 0.717) is 0 Å². The Morgan fingerprint density at radius 1 is 1.29 bits per heavy atom. The number of hydrogen-bond acceptors (Lipinski definition) is 7. The van der Waals surface area contributed by atoms with E-state index in [1.54, 1.807) is 33.1 Å². The van der Waals surface area contributed by atoms with Crippen molar-refractivity contribution in [2.75, 3.05) is 32.7 Å². The van der Waals surface area contributed by atoms with Crippen molar-refractivity contribution in [1.82, 2.24) is 14.2 Å². The third-order valence-corrected chi connectivity index (χ3v) is 7.20. The van der Waals surface area contributed by atoms with E-state index >= 15 is 0 Å². The Hall–Kier alpha value is -0.310. The summed E-state index contributed by atoms with van der Waals surface area (Å²) in [5.41, 5.74) is 1.09. The van der Waals surface area contributed by atoms with Crippen LogP contribution in [0.1, 0.15) is 6.92 Å². The summed E-state index contributed by atoms with van der Waals surface area (Å²) in [7, 11) is 3.55. The zero-order valence-corrected chi connectivity index (χ0v) is 14.4. The predicted octanol–water partition coefficient (Wildman–Crippen LogP) is 2.95. The maximum Gasteiger partial charge on any atom is 0.162 e. The second-order valence-corrected chi connectivity index (χ2v) is 8.64. The molecule has 7 heteroatoms. The fourth-order valence-corrected chi connectivity index (χ4v) is 5.70. The van der Waals surface area contributed by atoms with Gasteiger partial charge in [0.2, 0.25) is 0 Å². The van der Waals surface area contributed by atoms with Gasteiger partial charge in [-0.2, -0.15) is 0 Å². The van der Waals surface area contributed by atoms with Crippen LogP contribution in [0.4, 0.5) is 0 Å². The van der Waals surface area contributed by atoms with Crippen molar-refractivity contribution in [3.05, 3.63) is 24.3 Å². The number of aromatic nitrogens is 1. The molecular weight excluding hydrogens is 322 g/mol. The molecule has 1 N–H and O–H groups in total. The quantitative estimate of drug-likeness (QED) is 0.666. The van der Waals surface area contributed by atoms with Gasteiger partial charge in [0.1, 0.15) is 0 Å². The average Bonchev–Trinajstić information content (AvgIpc) is 2.89. The normalized spacial score (nSPS) is 19.1. The number of rotatable bonds is 5. The molecule has 21 heavy (non-hydrogen) atoms. The molecule has 1 aliphatic rings. The van der Waals surface area contributed by atoms with Crippen LogP contribution >= 0.6 is 33.1 Å². The number of thiazole rings is 1. The van der Waals surface area contributed by atoms with Crippen LogP contribution in [-0.4, -0.2) is 58.1 Å². The number of aliphatic hydroxyl groups excluding tert-OH is 1. The maximum atomic E-state index is 9.42. The third kappa shape index (κ3) is 4.34. The van der Waals surface area contributed by atoms with Crippen molar-refractivity contribution in [3.8, 4) is 0 Å². The summed E-state index contributed by atoms with van der Waals surface area (Å²) in [6.07, 6.45) is -0.235. The first-order valence-corrected chi connectivity index (χ1v) is 9.98. The smallest absolute Gasteiger partial charge is 0.162 e. The molecule has 4 nitrogen and oxygen atoms in total. The van der Waals surface area contributed by atoms with Gasteiger partial charge >= 0.3 is 0 Å². The minimum absolute atomic E-state index is 0.235. The van der Waals surface area contributed by atoms with Gasteiger partial charge in [-0.1, -0.05) is 12.1 Å². The maximum absolute atomic E-state index is 9.42. The lowest BCUT2D eigenvalue weighted by atomic mass is 10.3. The van der Waals surface area contributed by atoms with Gasteiger partial charge in [-0.25, -0.2) is 9.29 Å². The Balaban J connectivity index is 1.48. The fraction of sp³-hybridized carbons (Fsp3) is 0.500. The number of para-hydroxylation sites is 1. The third-order valence-electron chi connectivity index (χ3n) is 3.34. The minimum Gasteiger partial charge on any atom is -0.392 e. The number of fused-ring (bicyclic) bond motifs is 1. The number of β-amino-alcohol motifs (C(OH)–C–C–N with tert-alkyl or cyclic N) is 1. The monoisotopic (exact) mass is 341 g/mol. The molecule has 1 unspecified atom stereocenters. The van der Waals surface area contributed by atoms with E-state index in [0.717, 1.165) is 42.6 Å². The number of piperazine rings is 1. The molecule has 1 aromatic heterocycles. The second-order valence-electron chi connectivity index (χ2n) is 5.18. The zero-order valence-electron chi connectivity index (χ0n) is 11.9. The standard InChI is InChI=1S/C14H19N3OS3/c1-11(18)10-16-6-8-17(9-7-16)21-20-14-15-12-4-2-3-5-13(12)19-14/h2-5,11,18H,6-10H2,1H3. The largest absolute Gasteiger partial charge is 0.392 e. The van der Waals surface area contributed by atoms with E-state index in [2.05, 4.69) is 32.4 Å². The molecular formula is C14H19N3OS3. The molecule has 1 atom stereocenters. The predicted molar refractivity (Wildman–Crippen MR) is 92.8 cm³/mol. The van der Waals surface area contributed by atoms with Gasteiger partial charge in [0.05, 0.1) is 16.3 Å². The average molecular weight is 342 g/mol. The molecule has 1 aliphatic heterocycles. The first-order chi connectivity index (χ1) is 10.2. The van der Waals surface area contributed by atoms with E-state index in [1.165, 1.54) is 4.70 Å². The molecule has 0 saturated carbocycles. The number of aliphatic hydroxyl groups is 1. The lowest BCUT2D eigenvalue weighted by Crippen LogP contribution is -2.45.